The van der Waals surface area contributed by atoms with Crippen LogP contribution in [-0.2, 0) is 0 Å². The zero-order chi connectivity index (χ0) is 17.9. The zero-order valence-corrected chi connectivity index (χ0v) is 14.1. The van der Waals surface area contributed by atoms with E-state index < -0.39 is 0 Å². The second-order valence-electron chi connectivity index (χ2n) is 6.24. The van der Waals surface area contributed by atoms with Gasteiger partial charge in [0.2, 0.25) is 0 Å². The molecule has 1 atom stereocenters. The van der Waals surface area contributed by atoms with E-state index in [1.807, 2.05) is 41.1 Å². The zero-order valence-electron chi connectivity index (χ0n) is 14.1. The Morgan fingerprint density at radius 1 is 1.04 bits per heavy atom. The molecule has 0 N–H and O–H groups in total. The highest BCUT2D eigenvalue weighted by Crippen LogP contribution is 2.29. The summed E-state index contributed by atoms with van der Waals surface area (Å²) in [7, 11) is 0. The van der Waals surface area contributed by atoms with Gasteiger partial charge in [-0.05, 0) is 37.1 Å². The number of imidazole rings is 1. The van der Waals surface area contributed by atoms with Crippen LogP contribution in [0, 0.1) is 22.8 Å². The molecule has 0 spiro atoms. The number of nitrogens with zero attached hydrogens (tertiary/aromatic N) is 6. The van der Waals surface area contributed by atoms with Crippen LogP contribution in [0.5, 0.6) is 0 Å². The number of aromatic nitrogens is 3. The molecule has 0 bridgehead atoms. The van der Waals surface area contributed by atoms with E-state index in [1.54, 1.807) is 23.5 Å². The van der Waals surface area contributed by atoms with Crippen LogP contribution in [0.3, 0.4) is 0 Å². The Bertz CT molecular complexity index is 1020. The van der Waals surface area contributed by atoms with Crippen LogP contribution in [0.15, 0.2) is 55.1 Å². The van der Waals surface area contributed by atoms with Gasteiger partial charge in [0.15, 0.2) is 6.19 Å². The number of pyridine rings is 1. The minimum atomic E-state index is 0.0508. The van der Waals surface area contributed by atoms with Gasteiger partial charge in [-0.15, -0.1) is 0 Å². The van der Waals surface area contributed by atoms with Crippen molar-refractivity contribution in [2.75, 3.05) is 6.54 Å². The van der Waals surface area contributed by atoms with Crippen LogP contribution in [0.25, 0.3) is 22.5 Å². The molecule has 0 amide bonds. The molecule has 0 saturated carbocycles. The molecule has 26 heavy (non-hydrogen) atoms. The highest BCUT2D eigenvalue weighted by molar-refractivity contribution is 5.68. The van der Waals surface area contributed by atoms with Crippen LogP contribution in [0.1, 0.15) is 24.6 Å². The van der Waals surface area contributed by atoms with Crippen molar-refractivity contribution in [3.8, 4) is 34.8 Å². The molecular weight excluding hydrogens is 324 g/mol. The van der Waals surface area contributed by atoms with E-state index >= 15 is 0 Å². The lowest BCUT2D eigenvalue weighted by Gasteiger charge is -2.19. The van der Waals surface area contributed by atoms with E-state index in [2.05, 4.69) is 22.2 Å². The van der Waals surface area contributed by atoms with Crippen LogP contribution >= 0.6 is 0 Å². The third-order valence-electron chi connectivity index (χ3n) is 4.64. The van der Waals surface area contributed by atoms with Gasteiger partial charge in [0.1, 0.15) is 6.17 Å². The fraction of sp³-hybridized carbons (Fsp3) is 0.200. The molecule has 1 saturated heterocycles. The lowest BCUT2D eigenvalue weighted by Crippen LogP contribution is -2.21. The molecule has 0 aliphatic carbocycles. The van der Waals surface area contributed by atoms with Gasteiger partial charge in [-0.1, -0.05) is 12.1 Å². The van der Waals surface area contributed by atoms with Gasteiger partial charge in [0, 0.05) is 30.1 Å². The Morgan fingerprint density at radius 2 is 1.92 bits per heavy atom. The topological polar surface area (TPSA) is 81.5 Å². The summed E-state index contributed by atoms with van der Waals surface area (Å²) in [5.41, 5.74) is 4.11. The number of hydrogen-bond acceptors (Lipinski definition) is 5. The highest BCUT2D eigenvalue weighted by atomic mass is 15.3. The fourth-order valence-electron chi connectivity index (χ4n) is 3.32. The summed E-state index contributed by atoms with van der Waals surface area (Å²) in [6, 6.07) is 13.4. The minimum absolute atomic E-state index is 0.0508. The van der Waals surface area contributed by atoms with Crippen LogP contribution < -0.4 is 0 Å². The predicted molar refractivity (Wildman–Crippen MR) is 96.2 cm³/mol. The summed E-state index contributed by atoms with van der Waals surface area (Å²) in [6.07, 6.45) is 9.78. The molecule has 3 heterocycles. The minimum Gasteiger partial charge on any atom is -0.315 e. The van der Waals surface area contributed by atoms with Crippen molar-refractivity contribution in [3.05, 3.63) is 60.7 Å². The average Bonchev–Trinajstić information content (AvgIpc) is 3.37. The number of benzene rings is 1. The van der Waals surface area contributed by atoms with E-state index in [0.29, 0.717) is 5.56 Å². The molecule has 1 aromatic carbocycles. The number of likely N-dealkylation sites (tertiary alicyclic amines) is 1. The van der Waals surface area contributed by atoms with Gasteiger partial charge in [-0.25, -0.2) is 4.98 Å². The third kappa shape index (κ3) is 2.89. The quantitative estimate of drug-likeness (QED) is 0.681. The number of nitriles is 2. The van der Waals surface area contributed by atoms with Crippen molar-refractivity contribution in [1.29, 1.82) is 10.5 Å². The summed E-state index contributed by atoms with van der Waals surface area (Å²) < 4.78 is 2.00. The molecule has 2 aromatic heterocycles. The van der Waals surface area contributed by atoms with Crippen LogP contribution in [0.2, 0.25) is 0 Å². The fourth-order valence-corrected chi connectivity index (χ4v) is 3.32. The van der Waals surface area contributed by atoms with Crippen LogP contribution in [-0.4, -0.2) is 26.0 Å². The summed E-state index contributed by atoms with van der Waals surface area (Å²) in [6.45, 7) is 0.795. The smallest absolute Gasteiger partial charge is 0.181 e. The summed E-state index contributed by atoms with van der Waals surface area (Å²) in [4.78, 5) is 10.7. The SMILES string of the molecule is N#Cc1cccc(-c2cc(-c3cn([C@@H]4CCCN4C#N)cn3)ccn2)c1. The lowest BCUT2D eigenvalue weighted by molar-refractivity contribution is 0.281. The first-order valence-corrected chi connectivity index (χ1v) is 8.45. The Kier molecular flexibility index (Phi) is 4.09. The first-order chi connectivity index (χ1) is 12.8. The van der Waals surface area contributed by atoms with Gasteiger partial charge in [0.05, 0.1) is 29.3 Å². The predicted octanol–water partition coefficient (Wildman–Crippen LogP) is 3.56. The average molecular weight is 340 g/mol. The molecule has 3 aromatic rings. The first kappa shape index (κ1) is 15.9. The van der Waals surface area contributed by atoms with Crippen molar-refractivity contribution in [2.45, 2.75) is 19.0 Å². The lowest BCUT2D eigenvalue weighted by atomic mass is 10.1. The molecule has 6 heteroatoms. The Morgan fingerprint density at radius 3 is 2.77 bits per heavy atom. The number of rotatable bonds is 3. The monoisotopic (exact) mass is 340 g/mol. The molecule has 0 unspecified atom stereocenters. The Balaban J connectivity index is 1.65. The standard InChI is InChI=1S/C20H16N6/c21-11-15-3-1-4-16(9-15)18-10-17(6-7-23-18)19-12-26(14-24-19)20-5-2-8-25(20)13-22/h1,3-4,6-7,9-10,12,14,20H,2,5,8H2/t20-/m1/s1. The van der Waals surface area contributed by atoms with Gasteiger partial charge in [-0.3, -0.25) is 9.88 Å². The van der Waals surface area contributed by atoms with Crippen molar-refractivity contribution >= 4 is 0 Å². The van der Waals surface area contributed by atoms with E-state index in [4.69, 9.17) is 5.26 Å². The summed E-state index contributed by atoms with van der Waals surface area (Å²) in [5.74, 6) is 0. The molecular formula is C20H16N6. The van der Waals surface area contributed by atoms with E-state index in [1.165, 1.54) is 0 Å². The van der Waals surface area contributed by atoms with Crippen molar-refractivity contribution in [1.82, 2.24) is 19.4 Å². The molecule has 6 nitrogen and oxygen atoms in total. The Labute approximate surface area is 151 Å². The maximum atomic E-state index is 9.24. The van der Waals surface area contributed by atoms with Gasteiger partial charge < -0.3 is 4.57 Å². The normalized spacial score (nSPS) is 16.2. The van der Waals surface area contributed by atoms with Gasteiger partial charge >= 0.3 is 0 Å². The van der Waals surface area contributed by atoms with Crippen molar-refractivity contribution in [3.63, 3.8) is 0 Å². The molecule has 1 fully saturated rings. The molecule has 126 valence electrons. The maximum absolute atomic E-state index is 9.24. The molecule has 1 aliphatic rings. The van der Waals surface area contributed by atoms with Gasteiger partial charge in [-0.2, -0.15) is 10.5 Å². The third-order valence-corrected chi connectivity index (χ3v) is 4.64. The van der Waals surface area contributed by atoms with E-state index in [9.17, 15) is 5.26 Å². The maximum Gasteiger partial charge on any atom is 0.181 e. The second-order valence-corrected chi connectivity index (χ2v) is 6.24. The Hall–Kier alpha value is -3.64. The molecule has 0 radical (unpaired) electrons. The van der Waals surface area contributed by atoms with Crippen LogP contribution in [0.4, 0.5) is 0 Å². The highest BCUT2D eigenvalue weighted by Gasteiger charge is 2.25. The van der Waals surface area contributed by atoms with E-state index in [0.717, 1.165) is 41.9 Å². The largest absolute Gasteiger partial charge is 0.315 e. The van der Waals surface area contributed by atoms with Crippen molar-refractivity contribution in [2.24, 2.45) is 0 Å². The van der Waals surface area contributed by atoms with Gasteiger partial charge in [0.25, 0.3) is 0 Å². The number of hydrogen-bond donors (Lipinski definition) is 0. The summed E-state index contributed by atoms with van der Waals surface area (Å²) >= 11 is 0. The second kappa shape index (κ2) is 6.70. The molecule has 4 rings (SSSR count). The van der Waals surface area contributed by atoms with E-state index in [-0.39, 0.29) is 6.17 Å². The first-order valence-electron chi connectivity index (χ1n) is 8.45. The van der Waals surface area contributed by atoms with Crippen molar-refractivity contribution < 1.29 is 0 Å². The molecule has 1 aliphatic heterocycles. The summed E-state index contributed by atoms with van der Waals surface area (Å²) in [5, 5.41) is 18.3.